The third kappa shape index (κ3) is 6.47. The summed E-state index contributed by atoms with van der Waals surface area (Å²) in [5, 5.41) is 4.33. The molecule has 0 saturated heterocycles. The van der Waals surface area contributed by atoms with E-state index >= 15 is 0 Å². The van der Waals surface area contributed by atoms with Gasteiger partial charge in [-0.15, -0.1) is 11.3 Å². The molecule has 0 radical (unpaired) electrons. The van der Waals surface area contributed by atoms with Crippen molar-refractivity contribution in [2.24, 2.45) is 23.7 Å². The summed E-state index contributed by atoms with van der Waals surface area (Å²) in [5.41, 5.74) is 5.02. The van der Waals surface area contributed by atoms with E-state index in [1.807, 2.05) is 6.33 Å². The number of nitrogens with zero attached hydrogens (tertiary/aromatic N) is 2. The fourth-order valence-corrected chi connectivity index (χ4v) is 21.1. The van der Waals surface area contributed by atoms with Crippen LogP contribution in [0.3, 0.4) is 0 Å². The predicted octanol–water partition coefficient (Wildman–Crippen LogP) is 10.0. The van der Waals surface area contributed by atoms with Gasteiger partial charge in [-0.2, -0.15) is 0 Å². The molecule has 40 heavy (non-hydrogen) atoms. The van der Waals surface area contributed by atoms with Crippen molar-refractivity contribution in [2.75, 3.05) is 0 Å². The van der Waals surface area contributed by atoms with E-state index in [0.29, 0.717) is 23.7 Å². The largest absolute Gasteiger partial charge is 0.235 e. The lowest BCUT2D eigenvalue weighted by Gasteiger charge is -2.36. The fraction of sp³-hybridized carbons (Fsp3) is 0.543. The Labute approximate surface area is 250 Å². The smallest absolute Gasteiger partial charge is 0.116 e. The van der Waals surface area contributed by atoms with Gasteiger partial charge in [0.1, 0.15) is 14.4 Å². The second-order valence-electron chi connectivity index (χ2n) is 14.8. The highest BCUT2D eigenvalue weighted by Crippen LogP contribution is 2.39. The molecule has 0 N–H and O–H groups in total. The van der Waals surface area contributed by atoms with Crippen molar-refractivity contribution in [3.8, 4) is 11.3 Å². The normalized spacial score (nSPS) is 13.2. The van der Waals surface area contributed by atoms with Crippen LogP contribution in [0, 0.1) is 30.6 Å². The van der Waals surface area contributed by atoms with Gasteiger partial charge in [-0.3, -0.25) is 0 Å². The highest BCUT2D eigenvalue weighted by atomic mass is 32.1. The molecule has 0 aliphatic rings. The molecule has 0 fully saturated rings. The monoisotopic (exact) mass is 588 g/mol. The Morgan fingerprint density at radius 2 is 1.32 bits per heavy atom. The molecule has 0 spiro atoms. The number of fused-ring (bicyclic) bond motifs is 2. The maximum atomic E-state index is 5.02. The Morgan fingerprint density at radius 3 is 1.90 bits per heavy atom. The first-order valence-corrected chi connectivity index (χ1v) is 22.2. The minimum absolute atomic E-state index is 0.693. The molecule has 0 aliphatic carbocycles. The summed E-state index contributed by atoms with van der Waals surface area (Å²) in [7, 11) is -3.42. The molecular weight excluding hydrogens is 537 g/mol. The lowest BCUT2D eigenvalue weighted by molar-refractivity contribution is 0.650. The van der Waals surface area contributed by atoms with Crippen molar-refractivity contribution < 1.29 is 0 Å². The maximum absolute atomic E-state index is 5.02. The average Bonchev–Trinajstić information content (AvgIpc) is 3.18. The molecule has 216 valence electrons. The molecule has 5 heteroatoms. The first-order chi connectivity index (χ1) is 18.7. The van der Waals surface area contributed by atoms with E-state index in [4.69, 9.17) is 9.97 Å². The summed E-state index contributed by atoms with van der Waals surface area (Å²) < 4.78 is 2.99. The topological polar surface area (TPSA) is 25.8 Å². The number of rotatable bonds is 11. The number of hydrogen-bond acceptors (Lipinski definition) is 3. The molecule has 0 unspecified atom stereocenters. The van der Waals surface area contributed by atoms with Crippen LogP contribution in [0.25, 0.3) is 32.2 Å². The van der Waals surface area contributed by atoms with Crippen LogP contribution in [0.15, 0.2) is 42.7 Å². The van der Waals surface area contributed by atoms with E-state index in [1.165, 1.54) is 56.3 Å². The summed E-state index contributed by atoms with van der Waals surface area (Å²) in [6, 6.07) is 19.2. The maximum Gasteiger partial charge on any atom is 0.116 e. The number of benzene rings is 2. The van der Waals surface area contributed by atoms with Crippen LogP contribution in [0.4, 0.5) is 0 Å². The number of hydrogen-bond donors (Lipinski definition) is 0. The molecule has 0 amide bonds. The lowest BCUT2D eigenvalue weighted by atomic mass is 10.0. The zero-order valence-electron chi connectivity index (χ0n) is 27.0. The molecule has 0 saturated carbocycles. The van der Waals surface area contributed by atoms with Crippen molar-refractivity contribution in [1.29, 1.82) is 0 Å². The minimum Gasteiger partial charge on any atom is -0.235 e. The van der Waals surface area contributed by atoms with Gasteiger partial charge in [-0.25, -0.2) is 9.97 Å². The van der Waals surface area contributed by atoms with Gasteiger partial charge in [0.2, 0.25) is 0 Å². The second kappa shape index (κ2) is 12.2. The summed E-state index contributed by atoms with van der Waals surface area (Å²) in [5.74, 6) is 2.81. The highest BCUT2D eigenvalue weighted by Gasteiger charge is 2.40. The number of thiophene rings is 1. The highest BCUT2D eigenvalue weighted by molar-refractivity contribution is 7.32. The molecule has 0 bridgehead atoms. The van der Waals surface area contributed by atoms with E-state index in [9.17, 15) is 0 Å². The molecule has 2 nitrogen and oxygen atoms in total. The molecule has 2 heterocycles. The van der Waals surface area contributed by atoms with E-state index in [-0.39, 0.29) is 0 Å². The second-order valence-corrected chi connectivity index (χ2v) is 25.1. The fourth-order valence-electron chi connectivity index (χ4n) is 7.75. The van der Waals surface area contributed by atoms with Crippen LogP contribution in [-0.2, 0) is 0 Å². The van der Waals surface area contributed by atoms with Gasteiger partial charge >= 0.3 is 0 Å². The zero-order valence-corrected chi connectivity index (χ0v) is 29.8. The van der Waals surface area contributed by atoms with Crippen LogP contribution in [-0.4, -0.2) is 26.1 Å². The third-order valence-corrected chi connectivity index (χ3v) is 20.9. The van der Waals surface area contributed by atoms with Gasteiger partial charge < -0.3 is 0 Å². The summed E-state index contributed by atoms with van der Waals surface area (Å²) in [4.78, 5) is 9.96. The SMILES string of the molecule is Cc1c([Si](CC(C)C)(CC(C)C)CC(C)C)sc2c(-c3cc([Si](C)(C)CC(C)C)c4ccccc4c3)ncnc12. The Bertz CT molecular complexity index is 1440. The molecule has 4 rings (SSSR count). The summed E-state index contributed by atoms with van der Waals surface area (Å²) >= 11 is 2.06. The third-order valence-electron chi connectivity index (χ3n) is 8.37. The van der Waals surface area contributed by atoms with Crippen LogP contribution >= 0.6 is 11.3 Å². The lowest BCUT2D eigenvalue weighted by Crippen LogP contribution is -2.50. The van der Waals surface area contributed by atoms with Crippen LogP contribution < -0.4 is 9.69 Å². The van der Waals surface area contributed by atoms with Gasteiger partial charge in [0.15, 0.2) is 0 Å². The van der Waals surface area contributed by atoms with Crippen molar-refractivity contribution in [2.45, 2.75) is 99.6 Å². The van der Waals surface area contributed by atoms with Gasteiger partial charge in [0, 0.05) is 5.56 Å². The summed E-state index contributed by atoms with van der Waals surface area (Å²) in [6.07, 6.45) is 1.82. The average molecular weight is 589 g/mol. The predicted molar refractivity (Wildman–Crippen MR) is 186 cm³/mol. The van der Waals surface area contributed by atoms with E-state index in [1.54, 1.807) is 9.69 Å². The zero-order chi connectivity index (χ0) is 29.4. The van der Waals surface area contributed by atoms with Crippen molar-refractivity contribution in [1.82, 2.24) is 9.97 Å². The Hall–Kier alpha value is -1.83. The molecule has 0 aliphatic heterocycles. The first-order valence-electron chi connectivity index (χ1n) is 15.5. The summed E-state index contributed by atoms with van der Waals surface area (Å²) in [6.45, 7) is 26.7. The van der Waals surface area contributed by atoms with E-state index in [0.717, 1.165) is 5.69 Å². The Balaban J connectivity index is 1.99. The molecule has 0 atom stereocenters. The van der Waals surface area contributed by atoms with Gasteiger partial charge in [-0.1, -0.05) is 128 Å². The van der Waals surface area contributed by atoms with Crippen molar-refractivity contribution in [3.63, 3.8) is 0 Å². The van der Waals surface area contributed by atoms with Crippen molar-refractivity contribution >= 4 is 58.2 Å². The molecular formula is C35H52N2SSi2. The van der Waals surface area contributed by atoms with Crippen LogP contribution in [0.5, 0.6) is 0 Å². The Morgan fingerprint density at radius 1 is 0.750 bits per heavy atom. The van der Waals surface area contributed by atoms with E-state index in [2.05, 4.69) is 123 Å². The van der Waals surface area contributed by atoms with Gasteiger partial charge in [0.05, 0.1) is 24.0 Å². The quantitative estimate of drug-likeness (QED) is 0.163. The van der Waals surface area contributed by atoms with Crippen LogP contribution in [0.2, 0.25) is 37.3 Å². The van der Waals surface area contributed by atoms with Crippen molar-refractivity contribution in [3.05, 3.63) is 48.3 Å². The number of aryl methyl sites for hydroxylation is 1. The van der Waals surface area contributed by atoms with Gasteiger partial charge in [0.25, 0.3) is 0 Å². The molecule has 4 aromatic rings. The standard InChI is InChI=1S/C35H52N2SSi2/c1-23(2)18-39(10,11)31-17-29(16-28-14-12-13-15-30(28)31)33-34-32(36-22-37-33)27(9)35(38-34)40(19-24(3)4,20-25(5)6)21-26(7)8/h12-17,22-26H,18-21H2,1-11H3. The Kier molecular flexibility index (Phi) is 9.48. The molecule has 2 aromatic heterocycles. The molecule has 2 aromatic carbocycles. The minimum atomic E-state index is -1.76. The van der Waals surface area contributed by atoms with Crippen LogP contribution in [0.1, 0.15) is 61.0 Å². The first kappa shape index (κ1) is 31.1. The van der Waals surface area contributed by atoms with Gasteiger partial charge in [-0.05, 0) is 57.5 Å². The number of aromatic nitrogens is 2. The van der Waals surface area contributed by atoms with E-state index < -0.39 is 16.1 Å².